The summed E-state index contributed by atoms with van der Waals surface area (Å²) < 4.78 is 0. The normalized spacial score (nSPS) is 25.3. The summed E-state index contributed by atoms with van der Waals surface area (Å²) in [6.45, 7) is 6.15. The zero-order chi connectivity index (χ0) is 17.2. The van der Waals surface area contributed by atoms with Crippen LogP contribution in [0, 0.1) is 18.3 Å². The van der Waals surface area contributed by atoms with E-state index in [1.807, 2.05) is 6.07 Å². The molecule has 1 saturated carbocycles. The number of hydrogen-bond acceptors (Lipinski definition) is 2. The summed E-state index contributed by atoms with van der Waals surface area (Å²) in [5.74, 6) is 3.02. The van der Waals surface area contributed by atoms with Crippen molar-refractivity contribution in [3.8, 4) is 12.3 Å². The Balaban J connectivity index is 1.66. The molecule has 1 unspecified atom stereocenters. The van der Waals surface area contributed by atoms with Crippen molar-refractivity contribution in [2.24, 2.45) is 5.92 Å². The monoisotopic (exact) mass is 324 g/mol. The summed E-state index contributed by atoms with van der Waals surface area (Å²) in [5.41, 5.74) is 0.924. The smallest absolute Gasteiger partial charge is 0.225 e. The lowest BCUT2D eigenvalue weighted by molar-refractivity contribution is -0.126. The fraction of sp³-hybridized carbons (Fsp3) is 0.571. The lowest BCUT2D eigenvalue weighted by Crippen LogP contribution is -2.48. The van der Waals surface area contributed by atoms with E-state index in [1.54, 1.807) is 0 Å². The van der Waals surface area contributed by atoms with Gasteiger partial charge < -0.3 is 5.32 Å². The van der Waals surface area contributed by atoms with Gasteiger partial charge in [0.25, 0.3) is 0 Å². The van der Waals surface area contributed by atoms with E-state index < -0.39 is 5.54 Å². The molecule has 1 atom stereocenters. The van der Waals surface area contributed by atoms with Crippen LogP contribution in [0.4, 0.5) is 0 Å². The van der Waals surface area contributed by atoms with E-state index in [4.69, 9.17) is 6.42 Å². The lowest BCUT2D eigenvalue weighted by Gasteiger charge is -2.31. The first kappa shape index (κ1) is 17.0. The number of nitrogens with one attached hydrogen (secondary N) is 1. The average molecular weight is 324 g/mol. The minimum Gasteiger partial charge on any atom is -0.340 e. The van der Waals surface area contributed by atoms with Gasteiger partial charge in [-0.2, -0.15) is 0 Å². The van der Waals surface area contributed by atoms with Crippen molar-refractivity contribution in [2.45, 2.75) is 63.6 Å². The second-order valence-electron chi connectivity index (χ2n) is 8.00. The zero-order valence-electron chi connectivity index (χ0n) is 14.8. The van der Waals surface area contributed by atoms with Crippen molar-refractivity contribution in [2.75, 3.05) is 6.54 Å². The number of hydrogen-bond donors (Lipinski definition) is 1. The largest absolute Gasteiger partial charge is 0.340 e. The molecule has 2 aliphatic rings. The van der Waals surface area contributed by atoms with Gasteiger partial charge in [0.1, 0.15) is 5.54 Å². The van der Waals surface area contributed by atoms with E-state index >= 15 is 0 Å². The Morgan fingerprint density at radius 2 is 1.96 bits per heavy atom. The first-order valence-electron chi connectivity index (χ1n) is 9.03. The molecule has 0 radical (unpaired) electrons. The Labute approximate surface area is 145 Å². The Kier molecular flexibility index (Phi) is 4.69. The fourth-order valence-electron chi connectivity index (χ4n) is 4.19. The van der Waals surface area contributed by atoms with Crippen LogP contribution < -0.4 is 5.32 Å². The maximum atomic E-state index is 12.8. The topological polar surface area (TPSA) is 32.3 Å². The van der Waals surface area contributed by atoms with Crippen molar-refractivity contribution >= 4 is 5.91 Å². The molecule has 2 fully saturated rings. The summed E-state index contributed by atoms with van der Waals surface area (Å²) in [5, 5.41) is 3.20. The predicted molar refractivity (Wildman–Crippen MR) is 97.2 cm³/mol. The van der Waals surface area contributed by atoms with Crippen molar-refractivity contribution < 1.29 is 4.79 Å². The van der Waals surface area contributed by atoms with Crippen molar-refractivity contribution in [1.82, 2.24) is 10.2 Å². The number of carbonyl (C=O) groups is 1. The first-order chi connectivity index (χ1) is 11.4. The van der Waals surface area contributed by atoms with Gasteiger partial charge in [0.15, 0.2) is 0 Å². The molecule has 1 amide bonds. The zero-order valence-corrected chi connectivity index (χ0v) is 14.8. The summed E-state index contributed by atoms with van der Waals surface area (Å²) in [6, 6.07) is 10.5. The molecular formula is C21H28N2O. The van der Waals surface area contributed by atoms with Gasteiger partial charge in [-0.05, 0) is 51.5 Å². The van der Waals surface area contributed by atoms with Gasteiger partial charge in [-0.15, -0.1) is 6.42 Å². The molecule has 128 valence electrons. The van der Waals surface area contributed by atoms with Crippen LogP contribution in [-0.2, 0) is 11.3 Å². The molecule has 0 spiro atoms. The third-order valence-corrected chi connectivity index (χ3v) is 5.73. The van der Waals surface area contributed by atoms with Gasteiger partial charge in [-0.1, -0.05) is 36.3 Å². The van der Waals surface area contributed by atoms with Gasteiger partial charge in [-0.25, -0.2) is 0 Å². The maximum absolute atomic E-state index is 12.8. The van der Waals surface area contributed by atoms with Gasteiger partial charge >= 0.3 is 0 Å². The molecule has 3 nitrogen and oxygen atoms in total. The van der Waals surface area contributed by atoms with Crippen LogP contribution in [0.15, 0.2) is 30.3 Å². The number of rotatable bonds is 4. The molecule has 3 rings (SSSR count). The molecule has 1 aromatic rings. The molecular weight excluding hydrogens is 296 g/mol. The summed E-state index contributed by atoms with van der Waals surface area (Å²) >= 11 is 0. The SMILES string of the molecule is C#CC1(NC(=O)C2CN(Cc3ccccc3)C(C)(C)C2)CCCC1. The number of nitrogens with zero attached hydrogens (tertiary/aromatic N) is 1. The van der Waals surface area contributed by atoms with E-state index in [-0.39, 0.29) is 17.4 Å². The van der Waals surface area contributed by atoms with Gasteiger partial charge in [0.05, 0.1) is 5.92 Å². The van der Waals surface area contributed by atoms with Gasteiger partial charge in [0.2, 0.25) is 5.91 Å². The molecule has 1 heterocycles. The van der Waals surface area contributed by atoms with Crippen LogP contribution in [0.3, 0.4) is 0 Å². The van der Waals surface area contributed by atoms with Crippen LogP contribution in [0.5, 0.6) is 0 Å². The molecule has 1 N–H and O–H groups in total. The fourth-order valence-corrected chi connectivity index (χ4v) is 4.19. The average Bonchev–Trinajstić information content (AvgIpc) is 3.14. The first-order valence-corrected chi connectivity index (χ1v) is 9.03. The van der Waals surface area contributed by atoms with Crippen molar-refractivity contribution in [3.63, 3.8) is 0 Å². The van der Waals surface area contributed by atoms with Crippen LogP contribution in [0.2, 0.25) is 0 Å². The van der Waals surface area contributed by atoms with Crippen LogP contribution in [0.1, 0.15) is 51.5 Å². The molecule has 24 heavy (non-hydrogen) atoms. The highest BCUT2D eigenvalue weighted by atomic mass is 16.2. The Morgan fingerprint density at radius 3 is 2.58 bits per heavy atom. The molecule has 0 bridgehead atoms. The number of terminal acetylenes is 1. The molecule has 3 heteroatoms. The third kappa shape index (κ3) is 3.49. The Hall–Kier alpha value is -1.79. The minimum absolute atomic E-state index is 0.0227. The number of carbonyl (C=O) groups excluding carboxylic acids is 1. The van der Waals surface area contributed by atoms with Crippen molar-refractivity contribution in [1.29, 1.82) is 0 Å². The third-order valence-electron chi connectivity index (χ3n) is 5.73. The van der Waals surface area contributed by atoms with E-state index in [1.165, 1.54) is 5.56 Å². The maximum Gasteiger partial charge on any atom is 0.225 e. The minimum atomic E-state index is -0.395. The highest BCUT2D eigenvalue weighted by molar-refractivity contribution is 5.80. The molecule has 1 aromatic carbocycles. The van der Waals surface area contributed by atoms with Crippen molar-refractivity contribution in [3.05, 3.63) is 35.9 Å². The quantitative estimate of drug-likeness (QED) is 0.862. The highest BCUT2D eigenvalue weighted by Gasteiger charge is 2.43. The van der Waals surface area contributed by atoms with E-state index in [0.717, 1.165) is 45.2 Å². The van der Waals surface area contributed by atoms with E-state index in [2.05, 4.69) is 54.3 Å². The predicted octanol–water partition coefficient (Wildman–Crippen LogP) is 3.35. The summed E-state index contributed by atoms with van der Waals surface area (Å²) in [4.78, 5) is 15.2. The standard InChI is InChI=1S/C21H28N2O/c1-4-21(12-8-9-13-21)22-19(24)18-14-20(2,3)23(16-18)15-17-10-6-5-7-11-17/h1,5-7,10-11,18H,8-9,12-16H2,2-3H3,(H,22,24). The lowest BCUT2D eigenvalue weighted by atomic mass is 9.93. The number of likely N-dealkylation sites (tertiary alicyclic amines) is 1. The van der Waals surface area contributed by atoms with E-state index in [0.29, 0.717) is 0 Å². The molecule has 1 aliphatic carbocycles. The summed E-state index contributed by atoms with van der Waals surface area (Å²) in [7, 11) is 0. The number of amides is 1. The molecule has 1 saturated heterocycles. The van der Waals surface area contributed by atoms with Crippen LogP contribution in [0.25, 0.3) is 0 Å². The highest BCUT2D eigenvalue weighted by Crippen LogP contribution is 2.35. The molecule has 0 aromatic heterocycles. The second-order valence-corrected chi connectivity index (χ2v) is 8.00. The van der Waals surface area contributed by atoms with E-state index in [9.17, 15) is 4.79 Å². The second kappa shape index (κ2) is 6.61. The van der Waals surface area contributed by atoms with Gasteiger partial charge in [-0.3, -0.25) is 9.69 Å². The van der Waals surface area contributed by atoms with Crippen LogP contribution in [-0.4, -0.2) is 28.4 Å². The number of benzene rings is 1. The van der Waals surface area contributed by atoms with Gasteiger partial charge in [0, 0.05) is 18.6 Å². The summed E-state index contributed by atoms with van der Waals surface area (Å²) in [6.07, 6.45) is 10.7. The Morgan fingerprint density at radius 1 is 1.29 bits per heavy atom. The Bertz CT molecular complexity index is 623. The molecule has 1 aliphatic heterocycles. The van der Waals surface area contributed by atoms with Crippen LogP contribution >= 0.6 is 0 Å².